The van der Waals surface area contributed by atoms with Crippen molar-refractivity contribution in [2.75, 3.05) is 14.1 Å². The summed E-state index contributed by atoms with van der Waals surface area (Å²) in [7, 11) is 3.22. The zero-order chi connectivity index (χ0) is 22.1. The Morgan fingerprint density at radius 3 is 2.47 bits per heavy atom. The van der Waals surface area contributed by atoms with Crippen molar-refractivity contribution >= 4 is 23.3 Å². The summed E-state index contributed by atoms with van der Waals surface area (Å²) < 4.78 is 0. The molecule has 0 aliphatic heterocycles. The number of aromatic hydroxyl groups is 1. The normalized spacial score (nSPS) is 38.1. The number of carbonyl (C=O) groups excluding carboxylic acids is 4. The Morgan fingerprint density at radius 2 is 1.87 bits per heavy atom. The average Bonchev–Trinajstić information content (AvgIpc) is 2.64. The van der Waals surface area contributed by atoms with Crippen LogP contribution < -0.4 is 5.73 Å². The number of nitrogens with two attached hydrogens (primary N) is 1. The third-order valence-electron chi connectivity index (χ3n) is 7.03. The molecular formula is C21H24N2O7. The number of rotatable bonds is 2. The highest BCUT2D eigenvalue weighted by Gasteiger charge is 2.69. The van der Waals surface area contributed by atoms with Crippen LogP contribution in [0.25, 0.3) is 0 Å². The van der Waals surface area contributed by atoms with E-state index in [1.807, 2.05) is 0 Å². The summed E-state index contributed by atoms with van der Waals surface area (Å²) in [4.78, 5) is 53.2. The number of likely N-dealkylation sites (N-methyl/N-ethyl adjacent to an activating group) is 1. The van der Waals surface area contributed by atoms with Crippen LogP contribution >= 0.6 is 0 Å². The van der Waals surface area contributed by atoms with Crippen molar-refractivity contribution in [1.82, 2.24) is 4.90 Å². The molecule has 0 aromatic heterocycles. The maximum absolute atomic E-state index is 13.5. The predicted molar refractivity (Wildman–Crippen MR) is 102 cm³/mol. The molecule has 9 nitrogen and oxygen atoms in total. The van der Waals surface area contributed by atoms with E-state index in [0.29, 0.717) is 12.0 Å². The average molecular weight is 416 g/mol. The lowest BCUT2D eigenvalue weighted by molar-refractivity contribution is -0.190. The van der Waals surface area contributed by atoms with Gasteiger partial charge in [-0.2, -0.15) is 0 Å². The van der Waals surface area contributed by atoms with Gasteiger partial charge in [-0.3, -0.25) is 19.2 Å². The maximum atomic E-state index is 13.5. The van der Waals surface area contributed by atoms with Gasteiger partial charge in [0.15, 0.2) is 23.0 Å². The number of phenols is 1. The summed E-state index contributed by atoms with van der Waals surface area (Å²) >= 11 is 0. The minimum Gasteiger partial charge on any atom is -0.507 e. The highest BCUT2D eigenvalue weighted by Crippen LogP contribution is 2.51. The van der Waals surface area contributed by atoms with Crippen molar-refractivity contribution in [2.45, 2.75) is 30.6 Å². The summed E-state index contributed by atoms with van der Waals surface area (Å²) in [6.07, 6.45) is -1.07. The van der Waals surface area contributed by atoms with E-state index in [9.17, 15) is 34.5 Å². The SMILES string of the molecule is CN(C)C1C(O)C(C(N)=O)C(=O)C2(O)C(=O)C3C(=O)c4c(O)cccc4CC3CC12. The molecular weight excluding hydrogens is 392 g/mol. The van der Waals surface area contributed by atoms with E-state index in [0.717, 1.165) is 0 Å². The number of primary amides is 1. The molecule has 3 aliphatic rings. The van der Waals surface area contributed by atoms with Crippen LogP contribution in [-0.2, 0) is 20.8 Å². The zero-order valence-corrected chi connectivity index (χ0v) is 16.6. The molecule has 5 N–H and O–H groups in total. The van der Waals surface area contributed by atoms with E-state index in [1.165, 1.54) is 6.07 Å². The zero-order valence-electron chi connectivity index (χ0n) is 16.6. The molecule has 0 saturated heterocycles. The summed E-state index contributed by atoms with van der Waals surface area (Å²) in [5, 5.41) is 32.3. The smallest absolute Gasteiger partial charge is 0.230 e. The van der Waals surface area contributed by atoms with Crippen LogP contribution in [0.4, 0.5) is 0 Å². The molecule has 2 fully saturated rings. The van der Waals surface area contributed by atoms with Gasteiger partial charge in [-0.15, -0.1) is 0 Å². The highest BCUT2D eigenvalue weighted by molar-refractivity contribution is 6.25. The summed E-state index contributed by atoms with van der Waals surface area (Å²) in [5.41, 5.74) is 3.32. The van der Waals surface area contributed by atoms with Crippen molar-refractivity contribution in [3.63, 3.8) is 0 Å². The van der Waals surface area contributed by atoms with Crippen molar-refractivity contribution in [2.24, 2.45) is 29.4 Å². The summed E-state index contributed by atoms with van der Waals surface area (Å²) in [5.74, 6) is -8.79. The Kier molecular flexibility index (Phi) is 4.61. The first-order chi connectivity index (χ1) is 14.0. The molecule has 0 radical (unpaired) electrons. The lowest BCUT2D eigenvalue weighted by Crippen LogP contribution is -2.75. The fraction of sp³-hybridized carbons (Fsp3) is 0.524. The maximum Gasteiger partial charge on any atom is 0.230 e. The van der Waals surface area contributed by atoms with Gasteiger partial charge in [-0.25, -0.2) is 0 Å². The van der Waals surface area contributed by atoms with Crippen molar-refractivity contribution in [1.29, 1.82) is 0 Å². The van der Waals surface area contributed by atoms with Gasteiger partial charge >= 0.3 is 0 Å². The second-order valence-corrected chi connectivity index (χ2v) is 8.78. The Hall–Kier alpha value is -2.62. The molecule has 0 spiro atoms. The molecule has 4 rings (SSSR count). The standard InChI is InChI=1S/C21H24N2O7/c1-23(2)15-10-7-9-6-8-4-3-5-11(24)12(8)16(25)13(9)18(27)21(10,30)19(28)14(17(15)26)20(22)29/h3-5,9-10,13-15,17,24,26,30H,6-7H2,1-2H3,(H2,22,29). The van der Waals surface area contributed by atoms with Gasteiger partial charge in [-0.1, -0.05) is 12.1 Å². The van der Waals surface area contributed by atoms with Crippen LogP contribution in [0.5, 0.6) is 5.75 Å². The van der Waals surface area contributed by atoms with Crippen molar-refractivity contribution < 1.29 is 34.5 Å². The molecule has 30 heavy (non-hydrogen) atoms. The van der Waals surface area contributed by atoms with E-state index < -0.39 is 64.7 Å². The minimum absolute atomic E-state index is 0.0213. The third-order valence-corrected chi connectivity index (χ3v) is 7.03. The lowest BCUT2D eigenvalue weighted by atomic mass is 9.52. The fourth-order valence-electron chi connectivity index (χ4n) is 5.76. The number of benzene rings is 1. The Labute approximate surface area is 172 Å². The Bertz CT molecular complexity index is 974. The van der Waals surface area contributed by atoms with Gasteiger partial charge < -0.3 is 26.0 Å². The van der Waals surface area contributed by atoms with E-state index in [-0.39, 0.29) is 17.7 Å². The predicted octanol–water partition coefficient (Wildman–Crippen LogP) is -1.34. The monoisotopic (exact) mass is 416 g/mol. The van der Waals surface area contributed by atoms with Crippen LogP contribution in [0.15, 0.2) is 18.2 Å². The number of fused-ring (bicyclic) bond motifs is 3. The molecule has 0 bridgehead atoms. The Balaban J connectivity index is 1.86. The fourth-order valence-corrected chi connectivity index (χ4v) is 5.76. The molecule has 7 atom stereocenters. The number of ketones is 3. The molecule has 7 unspecified atom stereocenters. The number of Topliss-reactive ketones (excluding diaryl/α,β-unsaturated/α-hetero) is 3. The molecule has 1 aromatic rings. The highest BCUT2D eigenvalue weighted by atomic mass is 16.3. The first kappa shape index (κ1) is 20.6. The molecule has 3 aliphatic carbocycles. The molecule has 2 saturated carbocycles. The van der Waals surface area contributed by atoms with Gasteiger partial charge in [0, 0.05) is 12.0 Å². The number of phenolic OH excluding ortho intramolecular Hbond substituents is 1. The number of aliphatic hydroxyl groups excluding tert-OH is 1. The van der Waals surface area contributed by atoms with Gasteiger partial charge in [-0.05, 0) is 44.5 Å². The number of nitrogens with zero attached hydrogens (tertiary/aromatic N) is 1. The molecule has 0 heterocycles. The van der Waals surface area contributed by atoms with Crippen molar-refractivity contribution in [3.05, 3.63) is 29.3 Å². The second-order valence-electron chi connectivity index (χ2n) is 8.78. The number of aliphatic hydroxyl groups is 2. The van der Waals surface area contributed by atoms with Crippen LogP contribution in [0.3, 0.4) is 0 Å². The quantitative estimate of drug-likeness (QED) is 0.431. The van der Waals surface area contributed by atoms with Gasteiger partial charge in [0.2, 0.25) is 5.91 Å². The van der Waals surface area contributed by atoms with Gasteiger partial charge in [0.25, 0.3) is 0 Å². The van der Waals surface area contributed by atoms with Gasteiger partial charge in [0.1, 0.15) is 11.7 Å². The second kappa shape index (κ2) is 6.69. The topological polar surface area (TPSA) is 158 Å². The largest absolute Gasteiger partial charge is 0.507 e. The first-order valence-electron chi connectivity index (χ1n) is 9.81. The molecule has 160 valence electrons. The number of hydrogen-bond acceptors (Lipinski definition) is 8. The number of hydrogen-bond donors (Lipinski definition) is 4. The first-order valence-corrected chi connectivity index (χ1v) is 9.81. The molecule has 1 aromatic carbocycles. The van der Waals surface area contributed by atoms with Crippen LogP contribution in [0, 0.1) is 23.7 Å². The van der Waals surface area contributed by atoms with E-state index >= 15 is 0 Å². The van der Waals surface area contributed by atoms with E-state index in [2.05, 4.69) is 0 Å². The van der Waals surface area contributed by atoms with E-state index in [1.54, 1.807) is 31.1 Å². The van der Waals surface area contributed by atoms with Crippen LogP contribution in [0.2, 0.25) is 0 Å². The lowest BCUT2D eigenvalue weighted by Gasteiger charge is -2.54. The Morgan fingerprint density at radius 1 is 1.20 bits per heavy atom. The van der Waals surface area contributed by atoms with Crippen LogP contribution in [-0.4, -0.2) is 75.3 Å². The number of carbonyl (C=O) groups is 4. The molecule has 9 heteroatoms. The van der Waals surface area contributed by atoms with Gasteiger partial charge in [0.05, 0.1) is 17.6 Å². The van der Waals surface area contributed by atoms with E-state index in [4.69, 9.17) is 5.73 Å². The third kappa shape index (κ3) is 2.52. The van der Waals surface area contributed by atoms with Crippen molar-refractivity contribution in [3.8, 4) is 5.75 Å². The number of amides is 1. The summed E-state index contributed by atoms with van der Waals surface area (Å²) in [6, 6.07) is 3.75. The molecule has 1 amide bonds. The van der Waals surface area contributed by atoms with Crippen LogP contribution in [0.1, 0.15) is 22.3 Å². The summed E-state index contributed by atoms with van der Waals surface area (Å²) in [6.45, 7) is 0. The minimum atomic E-state index is -2.62.